The number of hydrogen-bond donors (Lipinski definition) is 0. The van der Waals surface area contributed by atoms with Crippen molar-refractivity contribution >= 4 is 15.7 Å². The molecule has 1 heterocycles. The van der Waals surface area contributed by atoms with E-state index in [0.717, 1.165) is 25.1 Å². The van der Waals surface area contributed by atoms with Crippen molar-refractivity contribution in [2.45, 2.75) is 25.2 Å². The van der Waals surface area contributed by atoms with Crippen LogP contribution in [-0.4, -0.2) is 38.9 Å². The van der Waals surface area contributed by atoms with Gasteiger partial charge in [-0.05, 0) is 37.1 Å². The highest BCUT2D eigenvalue weighted by Crippen LogP contribution is 2.24. The second-order valence-corrected chi connectivity index (χ2v) is 8.12. The van der Waals surface area contributed by atoms with Gasteiger partial charge in [-0.15, -0.1) is 0 Å². The molecule has 3 rings (SSSR count). The average Bonchev–Trinajstić information content (AvgIpc) is 2.62. The molecule has 0 N–H and O–H groups in total. The first-order chi connectivity index (χ1) is 11.5. The van der Waals surface area contributed by atoms with E-state index in [1.54, 1.807) is 16.4 Å². The standard InChI is InChI=1S/C19H24N2O2S/c1-3-17-6-4-5-7-19(17)20-12-14-21(15-13-20)24(22,23)18-10-8-16(2)9-11-18/h4-11H,3,12-15H2,1-2H3. The number of rotatable bonds is 4. The van der Waals surface area contributed by atoms with Crippen LogP contribution in [0.3, 0.4) is 0 Å². The molecule has 0 unspecified atom stereocenters. The molecular weight excluding hydrogens is 320 g/mol. The average molecular weight is 344 g/mol. The SMILES string of the molecule is CCc1ccccc1N1CCN(S(=O)(=O)c2ccc(C)cc2)CC1. The summed E-state index contributed by atoms with van der Waals surface area (Å²) >= 11 is 0. The van der Waals surface area contributed by atoms with Crippen molar-refractivity contribution in [3.8, 4) is 0 Å². The highest BCUT2D eigenvalue weighted by atomic mass is 32.2. The van der Waals surface area contributed by atoms with Crippen LogP contribution in [0.2, 0.25) is 0 Å². The zero-order chi connectivity index (χ0) is 17.2. The molecule has 0 aromatic heterocycles. The van der Waals surface area contributed by atoms with Gasteiger partial charge in [-0.25, -0.2) is 8.42 Å². The summed E-state index contributed by atoms with van der Waals surface area (Å²) in [4.78, 5) is 2.68. The summed E-state index contributed by atoms with van der Waals surface area (Å²) in [5.74, 6) is 0. The van der Waals surface area contributed by atoms with E-state index in [9.17, 15) is 8.42 Å². The maximum absolute atomic E-state index is 12.8. The molecule has 128 valence electrons. The van der Waals surface area contributed by atoms with E-state index in [2.05, 4.69) is 30.0 Å². The number of anilines is 1. The summed E-state index contributed by atoms with van der Waals surface area (Å²) in [5.41, 5.74) is 3.61. The van der Waals surface area contributed by atoms with E-state index < -0.39 is 10.0 Å². The zero-order valence-electron chi connectivity index (χ0n) is 14.3. The molecule has 0 saturated carbocycles. The van der Waals surface area contributed by atoms with Crippen LogP contribution in [0.5, 0.6) is 0 Å². The number of hydrogen-bond acceptors (Lipinski definition) is 3. The van der Waals surface area contributed by atoms with Gasteiger partial charge in [0.1, 0.15) is 0 Å². The summed E-state index contributed by atoms with van der Waals surface area (Å²) < 4.78 is 27.1. The van der Waals surface area contributed by atoms with Crippen LogP contribution in [0, 0.1) is 6.92 Å². The van der Waals surface area contributed by atoms with Crippen LogP contribution >= 0.6 is 0 Å². The fourth-order valence-electron chi connectivity index (χ4n) is 3.15. The first-order valence-corrected chi connectivity index (χ1v) is 9.86. The Hall–Kier alpha value is -1.85. The third-order valence-corrected chi connectivity index (χ3v) is 6.52. The normalized spacial score (nSPS) is 16.3. The molecule has 1 aliphatic rings. The largest absolute Gasteiger partial charge is 0.369 e. The molecule has 1 aliphatic heterocycles. The van der Waals surface area contributed by atoms with Crippen LogP contribution in [0.4, 0.5) is 5.69 Å². The summed E-state index contributed by atoms with van der Waals surface area (Å²) in [7, 11) is -3.39. The number of para-hydroxylation sites is 1. The Morgan fingerprint density at radius 1 is 0.917 bits per heavy atom. The second kappa shape index (κ2) is 6.95. The summed E-state index contributed by atoms with van der Waals surface area (Å²) in [5, 5.41) is 0. The molecule has 1 fully saturated rings. The van der Waals surface area contributed by atoms with Gasteiger partial charge < -0.3 is 4.90 Å². The summed E-state index contributed by atoms with van der Waals surface area (Å²) in [6.07, 6.45) is 0.984. The molecule has 0 spiro atoms. The molecule has 5 heteroatoms. The number of benzene rings is 2. The fourth-order valence-corrected chi connectivity index (χ4v) is 4.57. The highest BCUT2D eigenvalue weighted by Gasteiger charge is 2.28. The van der Waals surface area contributed by atoms with Gasteiger partial charge in [0.05, 0.1) is 4.90 Å². The van der Waals surface area contributed by atoms with Crippen molar-refractivity contribution in [3.05, 3.63) is 59.7 Å². The van der Waals surface area contributed by atoms with E-state index in [0.29, 0.717) is 18.0 Å². The number of aryl methyl sites for hydroxylation is 2. The zero-order valence-corrected chi connectivity index (χ0v) is 15.1. The van der Waals surface area contributed by atoms with Crippen LogP contribution in [0.25, 0.3) is 0 Å². The van der Waals surface area contributed by atoms with Crippen molar-refractivity contribution < 1.29 is 8.42 Å². The molecule has 0 atom stereocenters. The monoisotopic (exact) mass is 344 g/mol. The molecule has 4 nitrogen and oxygen atoms in total. The van der Waals surface area contributed by atoms with Gasteiger partial charge in [-0.1, -0.05) is 42.8 Å². The minimum absolute atomic E-state index is 0.385. The van der Waals surface area contributed by atoms with Gasteiger partial charge in [-0.2, -0.15) is 4.31 Å². The molecule has 1 saturated heterocycles. The first-order valence-electron chi connectivity index (χ1n) is 8.42. The van der Waals surface area contributed by atoms with Gasteiger partial charge in [0.2, 0.25) is 10.0 Å². The third-order valence-electron chi connectivity index (χ3n) is 4.61. The second-order valence-electron chi connectivity index (χ2n) is 6.19. The van der Waals surface area contributed by atoms with E-state index in [-0.39, 0.29) is 0 Å². The summed E-state index contributed by atoms with van der Waals surface area (Å²) in [6.45, 7) is 6.60. The minimum atomic E-state index is -3.39. The van der Waals surface area contributed by atoms with Crippen molar-refractivity contribution in [2.24, 2.45) is 0 Å². The van der Waals surface area contributed by atoms with E-state index in [1.165, 1.54) is 11.3 Å². The Morgan fingerprint density at radius 2 is 1.54 bits per heavy atom. The van der Waals surface area contributed by atoms with Crippen molar-refractivity contribution in [1.82, 2.24) is 4.31 Å². The molecule has 0 radical (unpaired) electrons. The van der Waals surface area contributed by atoms with Crippen molar-refractivity contribution in [2.75, 3.05) is 31.1 Å². The molecule has 24 heavy (non-hydrogen) atoms. The Balaban J connectivity index is 1.74. The Labute approximate surface area is 144 Å². The quantitative estimate of drug-likeness (QED) is 0.856. The smallest absolute Gasteiger partial charge is 0.243 e. The van der Waals surface area contributed by atoms with Crippen molar-refractivity contribution in [3.63, 3.8) is 0 Å². The van der Waals surface area contributed by atoms with Gasteiger partial charge in [0.15, 0.2) is 0 Å². The van der Waals surface area contributed by atoms with Gasteiger partial charge in [-0.3, -0.25) is 0 Å². The van der Waals surface area contributed by atoms with Gasteiger partial charge in [0, 0.05) is 31.9 Å². The first kappa shape index (κ1) is 17.0. The highest BCUT2D eigenvalue weighted by molar-refractivity contribution is 7.89. The number of sulfonamides is 1. The molecule has 0 amide bonds. The predicted molar refractivity (Wildman–Crippen MR) is 98.0 cm³/mol. The maximum atomic E-state index is 12.8. The lowest BCUT2D eigenvalue weighted by Gasteiger charge is -2.36. The van der Waals surface area contributed by atoms with Gasteiger partial charge in [0.25, 0.3) is 0 Å². The fraction of sp³-hybridized carbons (Fsp3) is 0.368. The topological polar surface area (TPSA) is 40.6 Å². The summed E-state index contributed by atoms with van der Waals surface area (Å²) in [6, 6.07) is 15.5. The van der Waals surface area contributed by atoms with E-state index in [1.807, 2.05) is 25.1 Å². The maximum Gasteiger partial charge on any atom is 0.243 e. The molecule has 2 aromatic rings. The number of nitrogens with zero attached hydrogens (tertiary/aromatic N) is 2. The van der Waals surface area contributed by atoms with E-state index in [4.69, 9.17) is 0 Å². The molecule has 2 aromatic carbocycles. The molecular formula is C19H24N2O2S. The molecule has 0 bridgehead atoms. The van der Waals surface area contributed by atoms with Crippen LogP contribution in [0.15, 0.2) is 53.4 Å². The third kappa shape index (κ3) is 3.32. The van der Waals surface area contributed by atoms with Crippen LogP contribution in [-0.2, 0) is 16.4 Å². The lowest BCUT2D eigenvalue weighted by molar-refractivity contribution is 0.384. The minimum Gasteiger partial charge on any atom is -0.369 e. The molecule has 0 aliphatic carbocycles. The number of piperazine rings is 1. The lowest BCUT2D eigenvalue weighted by Crippen LogP contribution is -2.48. The van der Waals surface area contributed by atoms with Gasteiger partial charge >= 0.3 is 0 Å². The van der Waals surface area contributed by atoms with Crippen molar-refractivity contribution in [1.29, 1.82) is 0 Å². The van der Waals surface area contributed by atoms with Crippen LogP contribution in [0.1, 0.15) is 18.1 Å². The lowest BCUT2D eigenvalue weighted by atomic mass is 10.1. The van der Waals surface area contributed by atoms with Crippen LogP contribution < -0.4 is 4.90 Å². The Bertz CT molecular complexity index is 792. The Kier molecular flexibility index (Phi) is 4.92. The Morgan fingerprint density at radius 3 is 2.17 bits per heavy atom. The van der Waals surface area contributed by atoms with E-state index >= 15 is 0 Å². The predicted octanol–water partition coefficient (Wildman–Crippen LogP) is 3.07.